The van der Waals surface area contributed by atoms with Crippen LogP contribution in [0.25, 0.3) is 21.5 Å². The smallest absolute Gasteiger partial charge is 0.222 e. The number of aromatic hydroxyl groups is 2. The molecule has 5 aromatic rings. The van der Waals surface area contributed by atoms with Crippen LogP contribution >= 0.6 is 0 Å². The van der Waals surface area contributed by atoms with Gasteiger partial charge < -0.3 is 19.7 Å². The van der Waals surface area contributed by atoms with Crippen molar-refractivity contribution in [2.24, 2.45) is 0 Å². The number of aromatic nitrogens is 1. The number of phenols is 2. The first kappa shape index (κ1) is 17.8. The first-order chi connectivity index (χ1) is 14.6. The summed E-state index contributed by atoms with van der Waals surface area (Å²) in [5, 5.41) is 23.0. The SMILES string of the molecule is Oc1ccc2cc(Oc3ccnc(Oc4ccc5cc(O)ccc5c4)c3)ccc2c1. The molecule has 0 amide bonds. The lowest BCUT2D eigenvalue weighted by Crippen LogP contribution is -1.90. The molecule has 0 spiro atoms. The van der Waals surface area contributed by atoms with Crippen molar-refractivity contribution in [3.63, 3.8) is 0 Å². The highest BCUT2D eigenvalue weighted by molar-refractivity contribution is 5.86. The fourth-order valence-electron chi connectivity index (χ4n) is 3.32. The maximum absolute atomic E-state index is 9.59. The van der Waals surface area contributed by atoms with Crippen molar-refractivity contribution in [3.8, 4) is 34.6 Å². The van der Waals surface area contributed by atoms with Crippen LogP contribution in [0.4, 0.5) is 0 Å². The fourth-order valence-corrected chi connectivity index (χ4v) is 3.32. The Morgan fingerprint density at radius 1 is 0.500 bits per heavy atom. The Bertz CT molecular complexity index is 1280. The number of benzene rings is 4. The summed E-state index contributed by atoms with van der Waals surface area (Å²) in [6.45, 7) is 0. The highest BCUT2D eigenvalue weighted by Gasteiger charge is 2.05. The molecule has 0 atom stereocenters. The molecule has 0 fully saturated rings. The van der Waals surface area contributed by atoms with Gasteiger partial charge in [0.15, 0.2) is 0 Å². The number of nitrogens with zero attached hydrogens (tertiary/aromatic N) is 1. The third kappa shape index (κ3) is 3.69. The van der Waals surface area contributed by atoms with Crippen LogP contribution in [0.5, 0.6) is 34.6 Å². The summed E-state index contributed by atoms with van der Waals surface area (Å²) in [6, 6.07) is 25.1. The molecular formula is C25H17NO4. The number of ether oxygens (including phenoxy) is 2. The number of pyridine rings is 1. The predicted octanol–water partition coefficient (Wildman–Crippen LogP) is 6.38. The van der Waals surface area contributed by atoms with E-state index in [0.717, 1.165) is 21.5 Å². The molecule has 0 bridgehead atoms. The summed E-state index contributed by atoms with van der Waals surface area (Å²) in [6.07, 6.45) is 1.63. The Morgan fingerprint density at radius 3 is 1.63 bits per heavy atom. The largest absolute Gasteiger partial charge is 0.508 e. The van der Waals surface area contributed by atoms with Gasteiger partial charge in [-0.1, -0.05) is 24.3 Å². The molecule has 0 aliphatic carbocycles. The number of hydrogen-bond donors (Lipinski definition) is 2. The zero-order chi connectivity index (χ0) is 20.5. The number of fused-ring (bicyclic) bond motifs is 2. The van der Waals surface area contributed by atoms with Crippen molar-refractivity contribution in [1.82, 2.24) is 4.98 Å². The fraction of sp³-hybridized carbons (Fsp3) is 0. The Labute approximate surface area is 172 Å². The van der Waals surface area contributed by atoms with Crippen LogP contribution in [-0.2, 0) is 0 Å². The van der Waals surface area contributed by atoms with Crippen molar-refractivity contribution >= 4 is 21.5 Å². The quantitative estimate of drug-likeness (QED) is 0.369. The lowest BCUT2D eigenvalue weighted by Gasteiger charge is -2.10. The minimum absolute atomic E-state index is 0.230. The molecule has 5 rings (SSSR count). The van der Waals surface area contributed by atoms with E-state index in [-0.39, 0.29) is 11.5 Å². The van der Waals surface area contributed by atoms with Gasteiger partial charge in [-0.2, -0.15) is 0 Å². The van der Waals surface area contributed by atoms with Crippen LogP contribution in [-0.4, -0.2) is 15.2 Å². The van der Waals surface area contributed by atoms with Gasteiger partial charge >= 0.3 is 0 Å². The van der Waals surface area contributed by atoms with Gasteiger partial charge in [0.1, 0.15) is 28.7 Å². The zero-order valence-corrected chi connectivity index (χ0v) is 15.8. The average molecular weight is 395 g/mol. The van der Waals surface area contributed by atoms with E-state index in [4.69, 9.17) is 9.47 Å². The molecule has 0 radical (unpaired) electrons. The predicted molar refractivity (Wildman–Crippen MR) is 116 cm³/mol. The van der Waals surface area contributed by atoms with E-state index in [1.54, 1.807) is 42.6 Å². The van der Waals surface area contributed by atoms with Crippen molar-refractivity contribution in [1.29, 1.82) is 0 Å². The van der Waals surface area contributed by atoms with Crippen LogP contribution in [0, 0.1) is 0 Å². The molecule has 2 N–H and O–H groups in total. The van der Waals surface area contributed by atoms with Gasteiger partial charge in [-0.25, -0.2) is 4.98 Å². The molecule has 0 saturated heterocycles. The van der Waals surface area contributed by atoms with E-state index >= 15 is 0 Å². The molecule has 5 nitrogen and oxygen atoms in total. The third-order valence-electron chi connectivity index (χ3n) is 4.76. The molecule has 5 heteroatoms. The maximum atomic E-state index is 9.59. The van der Waals surface area contributed by atoms with E-state index in [0.29, 0.717) is 23.1 Å². The van der Waals surface area contributed by atoms with Crippen LogP contribution in [0.3, 0.4) is 0 Å². The van der Waals surface area contributed by atoms with Gasteiger partial charge in [-0.05, 0) is 76.1 Å². The molecule has 4 aromatic carbocycles. The highest BCUT2D eigenvalue weighted by atomic mass is 16.5. The zero-order valence-electron chi connectivity index (χ0n) is 15.8. The summed E-state index contributed by atoms with van der Waals surface area (Å²) >= 11 is 0. The van der Waals surface area contributed by atoms with E-state index in [9.17, 15) is 10.2 Å². The Balaban J connectivity index is 1.37. The van der Waals surface area contributed by atoms with Crippen LogP contribution in [0.15, 0.2) is 91.1 Å². The molecule has 0 aliphatic heterocycles. The number of rotatable bonds is 4. The molecule has 0 aliphatic rings. The highest BCUT2D eigenvalue weighted by Crippen LogP contribution is 2.31. The summed E-state index contributed by atoms with van der Waals surface area (Å²) in [7, 11) is 0. The topological polar surface area (TPSA) is 71.8 Å². The standard InChI is InChI=1S/C25H17NO4/c27-20-5-1-18-13-22(7-3-16(18)11-20)29-24-9-10-26-25(15-24)30-23-8-4-17-12-21(28)6-2-19(17)14-23/h1-15,27-28H. The minimum atomic E-state index is 0.230. The Hall–Kier alpha value is -4.25. The van der Waals surface area contributed by atoms with Crippen LogP contribution in [0.1, 0.15) is 0 Å². The normalized spacial score (nSPS) is 10.9. The van der Waals surface area contributed by atoms with E-state index in [1.165, 1.54) is 0 Å². The van der Waals surface area contributed by atoms with Gasteiger partial charge in [0.25, 0.3) is 0 Å². The van der Waals surface area contributed by atoms with Gasteiger partial charge in [0, 0.05) is 12.3 Å². The Morgan fingerprint density at radius 2 is 1.00 bits per heavy atom. The summed E-state index contributed by atoms with van der Waals surface area (Å²) in [5.74, 6) is 2.80. The van der Waals surface area contributed by atoms with Gasteiger partial charge in [0.05, 0.1) is 0 Å². The number of phenolic OH excluding ortho intramolecular Hbond substituents is 2. The summed E-state index contributed by atoms with van der Waals surface area (Å²) in [5.41, 5.74) is 0. The average Bonchev–Trinajstić information content (AvgIpc) is 2.74. The van der Waals surface area contributed by atoms with Gasteiger partial charge in [-0.15, -0.1) is 0 Å². The first-order valence-electron chi connectivity index (χ1n) is 9.40. The van der Waals surface area contributed by atoms with E-state index < -0.39 is 0 Å². The van der Waals surface area contributed by atoms with Gasteiger partial charge in [-0.3, -0.25) is 0 Å². The monoisotopic (exact) mass is 395 g/mol. The summed E-state index contributed by atoms with van der Waals surface area (Å²) < 4.78 is 11.9. The summed E-state index contributed by atoms with van der Waals surface area (Å²) in [4.78, 5) is 4.26. The second-order valence-electron chi connectivity index (χ2n) is 6.92. The molecule has 1 heterocycles. The van der Waals surface area contributed by atoms with E-state index in [1.807, 2.05) is 48.5 Å². The molecule has 146 valence electrons. The Kier molecular flexibility index (Phi) is 4.33. The van der Waals surface area contributed by atoms with Crippen LogP contribution in [0.2, 0.25) is 0 Å². The van der Waals surface area contributed by atoms with Crippen molar-refractivity contribution in [2.75, 3.05) is 0 Å². The second kappa shape index (κ2) is 7.29. The molecule has 30 heavy (non-hydrogen) atoms. The molecular weight excluding hydrogens is 378 g/mol. The molecule has 0 unspecified atom stereocenters. The minimum Gasteiger partial charge on any atom is -0.508 e. The van der Waals surface area contributed by atoms with Crippen molar-refractivity contribution < 1.29 is 19.7 Å². The maximum Gasteiger partial charge on any atom is 0.222 e. The first-order valence-corrected chi connectivity index (χ1v) is 9.40. The second-order valence-corrected chi connectivity index (χ2v) is 6.92. The van der Waals surface area contributed by atoms with Gasteiger partial charge in [0.2, 0.25) is 5.88 Å². The lowest BCUT2D eigenvalue weighted by molar-refractivity contribution is 0.446. The lowest BCUT2D eigenvalue weighted by atomic mass is 10.1. The van der Waals surface area contributed by atoms with Crippen molar-refractivity contribution in [2.45, 2.75) is 0 Å². The third-order valence-corrected chi connectivity index (χ3v) is 4.76. The van der Waals surface area contributed by atoms with Crippen LogP contribution < -0.4 is 9.47 Å². The molecule has 1 aromatic heterocycles. The van der Waals surface area contributed by atoms with E-state index in [2.05, 4.69) is 4.98 Å². The van der Waals surface area contributed by atoms with Crippen molar-refractivity contribution in [3.05, 3.63) is 91.1 Å². The number of hydrogen-bond acceptors (Lipinski definition) is 5. The molecule has 0 saturated carbocycles.